The lowest BCUT2D eigenvalue weighted by Gasteiger charge is -2.08. The maximum atomic E-state index is 13.5. The summed E-state index contributed by atoms with van der Waals surface area (Å²) in [4.78, 5) is 15.4. The highest BCUT2D eigenvalue weighted by Gasteiger charge is 2.13. The molecule has 0 atom stereocenters. The molecule has 0 bridgehead atoms. The van der Waals surface area contributed by atoms with E-state index in [1.165, 1.54) is 0 Å². The molecule has 100 valence electrons. The van der Waals surface area contributed by atoms with Crippen LogP contribution >= 0.6 is 15.9 Å². The zero-order valence-electron chi connectivity index (χ0n) is 9.74. The Kier molecular flexibility index (Phi) is 4.26. The summed E-state index contributed by atoms with van der Waals surface area (Å²) in [6, 6.07) is 2.18. The van der Waals surface area contributed by atoms with Gasteiger partial charge in [0.2, 0.25) is 5.91 Å². The van der Waals surface area contributed by atoms with Gasteiger partial charge in [0.25, 0.3) is 0 Å². The van der Waals surface area contributed by atoms with Gasteiger partial charge in [-0.1, -0.05) is 15.9 Å². The second kappa shape index (κ2) is 5.92. The number of imidazole rings is 1. The van der Waals surface area contributed by atoms with Crippen molar-refractivity contribution < 1.29 is 13.6 Å². The zero-order valence-corrected chi connectivity index (χ0v) is 11.3. The number of carbonyl (C=O) groups is 1. The van der Waals surface area contributed by atoms with Crippen LogP contribution in [-0.4, -0.2) is 15.5 Å². The van der Waals surface area contributed by atoms with Gasteiger partial charge < -0.3 is 9.88 Å². The first kappa shape index (κ1) is 13.7. The second-order valence-electron chi connectivity index (χ2n) is 3.84. The molecule has 0 aliphatic rings. The number of aromatic nitrogens is 2. The number of nitrogens with zero attached hydrogens (tertiary/aromatic N) is 2. The van der Waals surface area contributed by atoms with Gasteiger partial charge in [-0.25, -0.2) is 13.8 Å². The zero-order chi connectivity index (χ0) is 13.8. The molecule has 1 aromatic heterocycles. The molecule has 4 nitrogen and oxygen atoms in total. The molecule has 0 aliphatic heterocycles. The van der Waals surface area contributed by atoms with E-state index in [1.54, 1.807) is 23.3 Å². The number of hydrogen-bond donors (Lipinski definition) is 1. The molecule has 1 aromatic carbocycles. The van der Waals surface area contributed by atoms with Crippen molar-refractivity contribution in [3.05, 3.63) is 47.0 Å². The molecule has 0 aliphatic carbocycles. The van der Waals surface area contributed by atoms with Crippen molar-refractivity contribution in [2.75, 3.05) is 5.32 Å². The summed E-state index contributed by atoms with van der Waals surface area (Å²) >= 11 is 2.97. The van der Waals surface area contributed by atoms with E-state index in [9.17, 15) is 13.6 Å². The predicted octanol–water partition coefficient (Wildman–Crippen LogP) is 2.95. The van der Waals surface area contributed by atoms with Gasteiger partial charge in [0.05, 0.1) is 6.33 Å². The lowest BCUT2D eigenvalue weighted by atomic mass is 10.2. The summed E-state index contributed by atoms with van der Waals surface area (Å²) in [7, 11) is 0. The minimum Gasteiger partial charge on any atom is -0.337 e. The fourth-order valence-corrected chi connectivity index (χ4v) is 1.92. The van der Waals surface area contributed by atoms with Crippen LogP contribution in [0.15, 0.2) is 35.3 Å². The third-order valence-electron chi connectivity index (χ3n) is 2.43. The Morgan fingerprint density at radius 2 is 2.05 bits per heavy atom. The molecule has 2 aromatic rings. The first-order chi connectivity index (χ1) is 9.06. The van der Waals surface area contributed by atoms with Gasteiger partial charge in [-0.15, -0.1) is 0 Å². The van der Waals surface area contributed by atoms with Crippen molar-refractivity contribution in [2.45, 2.75) is 13.0 Å². The van der Waals surface area contributed by atoms with Gasteiger partial charge in [-0.2, -0.15) is 0 Å². The molecule has 1 amide bonds. The minimum atomic E-state index is -0.817. The van der Waals surface area contributed by atoms with Crippen LogP contribution in [-0.2, 0) is 11.3 Å². The van der Waals surface area contributed by atoms with Gasteiger partial charge in [0.15, 0.2) is 11.6 Å². The summed E-state index contributed by atoms with van der Waals surface area (Å²) in [6.07, 6.45) is 4.96. The highest BCUT2D eigenvalue weighted by atomic mass is 79.9. The van der Waals surface area contributed by atoms with E-state index in [-0.39, 0.29) is 10.9 Å². The van der Waals surface area contributed by atoms with E-state index in [0.29, 0.717) is 6.54 Å². The van der Waals surface area contributed by atoms with E-state index in [2.05, 4.69) is 26.2 Å². The number of anilines is 1. The lowest BCUT2D eigenvalue weighted by Crippen LogP contribution is -2.16. The van der Waals surface area contributed by atoms with Gasteiger partial charge >= 0.3 is 0 Å². The normalized spacial score (nSPS) is 10.5. The number of hydrogen-bond acceptors (Lipinski definition) is 2. The molecule has 0 unspecified atom stereocenters. The Morgan fingerprint density at radius 1 is 1.37 bits per heavy atom. The summed E-state index contributed by atoms with van der Waals surface area (Å²) in [6.45, 7) is 0.394. The van der Waals surface area contributed by atoms with Crippen molar-refractivity contribution in [1.82, 2.24) is 9.55 Å². The van der Waals surface area contributed by atoms with Crippen molar-refractivity contribution in [3.8, 4) is 0 Å². The summed E-state index contributed by atoms with van der Waals surface area (Å²) in [5.41, 5.74) is -0.432. The van der Waals surface area contributed by atoms with Crippen LogP contribution in [0.5, 0.6) is 0 Å². The van der Waals surface area contributed by atoms with Crippen LogP contribution in [0.3, 0.4) is 0 Å². The van der Waals surface area contributed by atoms with Crippen LogP contribution in [0.4, 0.5) is 14.5 Å². The van der Waals surface area contributed by atoms with Crippen LogP contribution < -0.4 is 5.32 Å². The Balaban J connectivity index is 1.99. The van der Waals surface area contributed by atoms with Crippen molar-refractivity contribution >= 4 is 27.5 Å². The number of amides is 1. The molecule has 0 saturated carbocycles. The first-order valence-corrected chi connectivity index (χ1v) is 6.25. The molecule has 2 rings (SSSR count). The molecule has 1 N–H and O–H groups in total. The molecule has 0 radical (unpaired) electrons. The van der Waals surface area contributed by atoms with Crippen LogP contribution in [0.2, 0.25) is 0 Å². The van der Waals surface area contributed by atoms with E-state index < -0.39 is 23.2 Å². The number of halogens is 3. The highest BCUT2D eigenvalue weighted by molar-refractivity contribution is 9.10. The van der Waals surface area contributed by atoms with Crippen LogP contribution in [0.25, 0.3) is 0 Å². The second-order valence-corrected chi connectivity index (χ2v) is 4.76. The maximum Gasteiger partial charge on any atom is 0.226 e. The van der Waals surface area contributed by atoms with Crippen molar-refractivity contribution in [2.24, 2.45) is 0 Å². The van der Waals surface area contributed by atoms with E-state index in [0.717, 1.165) is 12.1 Å². The summed E-state index contributed by atoms with van der Waals surface area (Å²) in [5.74, 6) is -2.10. The van der Waals surface area contributed by atoms with E-state index in [4.69, 9.17) is 0 Å². The number of carbonyl (C=O) groups excluding carboxylic acids is 1. The smallest absolute Gasteiger partial charge is 0.226 e. The third-order valence-corrected chi connectivity index (χ3v) is 2.89. The summed E-state index contributed by atoms with van der Waals surface area (Å²) in [5, 5.41) is 2.22. The van der Waals surface area contributed by atoms with Crippen molar-refractivity contribution in [1.29, 1.82) is 0 Å². The summed E-state index contributed by atoms with van der Waals surface area (Å²) < 4.78 is 28.9. The SMILES string of the molecule is O=C(CCn1ccnc1)Nc1c(F)cc(Br)cc1F. The Bertz CT molecular complexity index is 564. The predicted molar refractivity (Wildman–Crippen MR) is 69.5 cm³/mol. The maximum absolute atomic E-state index is 13.5. The molecule has 0 fully saturated rings. The highest BCUT2D eigenvalue weighted by Crippen LogP contribution is 2.23. The Morgan fingerprint density at radius 3 is 2.63 bits per heavy atom. The average molecular weight is 330 g/mol. The van der Waals surface area contributed by atoms with Gasteiger partial charge in [-0.3, -0.25) is 4.79 Å². The molecule has 0 spiro atoms. The first-order valence-electron chi connectivity index (χ1n) is 5.46. The fourth-order valence-electron chi connectivity index (χ4n) is 1.51. The van der Waals surface area contributed by atoms with Crippen molar-refractivity contribution in [3.63, 3.8) is 0 Å². The van der Waals surface area contributed by atoms with Gasteiger partial charge in [-0.05, 0) is 12.1 Å². The van der Waals surface area contributed by atoms with E-state index in [1.807, 2.05) is 0 Å². The lowest BCUT2D eigenvalue weighted by molar-refractivity contribution is -0.116. The van der Waals surface area contributed by atoms with Gasteiger partial charge in [0, 0.05) is 29.8 Å². The molecular weight excluding hydrogens is 320 g/mol. The standard InChI is InChI=1S/C12H10BrF2N3O/c13-8-5-9(14)12(10(15)6-8)17-11(19)1-3-18-4-2-16-7-18/h2,4-7H,1,3H2,(H,17,19). The Hall–Kier alpha value is -1.76. The van der Waals surface area contributed by atoms with E-state index >= 15 is 0 Å². The average Bonchev–Trinajstić information content (AvgIpc) is 2.84. The fraction of sp³-hybridized carbons (Fsp3) is 0.167. The molecule has 7 heteroatoms. The molecular formula is C12H10BrF2N3O. The number of rotatable bonds is 4. The van der Waals surface area contributed by atoms with Crippen LogP contribution in [0, 0.1) is 11.6 Å². The molecule has 1 heterocycles. The quantitative estimate of drug-likeness (QED) is 0.937. The number of aryl methyl sites for hydroxylation is 1. The molecule has 19 heavy (non-hydrogen) atoms. The van der Waals surface area contributed by atoms with Crippen LogP contribution in [0.1, 0.15) is 6.42 Å². The largest absolute Gasteiger partial charge is 0.337 e. The Labute approximate surface area is 116 Å². The number of benzene rings is 1. The third kappa shape index (κ3) is 3.60. The number of nitrogens with one attached hydrogen (secondary N) is 1. The topological polar surface area (TPSA) is 46.9 Å². The monoisotopic (exact) mass is 329 g/mol. The van der Waals surface area contributed by atoms with Gasteiger partial charge in [0.1, 0.15) is 5.69 Å². The minimum absolute atomic E-state index is 0.102. The molecule has 0 saturated heterocycles.